The van der Waals surface area contributed by atoms with E-state index in [-0.39, 0.29) is 5.91 Å². The zero-order valence-corrected chi connectivity index (χ0v) is 14.6. The highest BCUT2D eigenvalue weighted by Crippen LogP contribution is 2.12. The molecule has 23 heavy (non-hydrogen) atoms. The number of amides is 1. The number of benzene rings is 1. The monoisotopic (exact) mass is 320 g/mol. The fourth-order valence-corrected chi connectivity index (χ4v) is 2.11. The Morgan fingerprint density at radius 2 is 1.91 bits per heavy atom. The third kappa shape index (κ3) is 7.04. The predicted octanol–water partition coefficient (Wildman–Crippen LogP) is 1.62. The molecule has 0 saturated heterocycles. The highest BCUT2D eigenvalue weighted by Gasteiger charge is 2.07. The number of guanidine groups is 1. The summed E-state index contributed by atoms with van der Waals surface area (Å²) in [5, 5.41) is 6.07. The molecule has 0 fully saturated rings. The highest BCUT2D eigenvalue weighted by molar-refractivity contribution is 5.81. The van der Waals surface area contributed by atoms with Gasteiger partial charge in [-0.05, 0) is 24.1 Å². The van der Waals surface area contributed by atoms with Gasteiger partial charge in [0, 0.05) is 40.2 Å². The molecule has 6 nitrogen and oxygen atoms in total. The summed E-state index contributed by atoms with van der Waals surface area (Å²) in [6.07, 6.45) is 1.39. The molecular formula is C17H28N4O2. The molecule has 0 aliphatic carbocycles. The number of aliphatic imine (C=N–C) groups is 1. The van der Waals surface area contributed by atoms with Gasteiger partial charge in [0.25, 0.3) is 0 Å². The molecule has 0 bridgehead atoms. The quantitative estimate of drug-likeness (QED) is 0.564. The zero-order chi connectivity index (χ0) is 17.1. The Kier molecular flexibility index (Phi) is 8.57. The third-order valence-electron chi connectivity index (χ3n) is 3.36. The molecule has 1 rings (SSSR count). The van der Waals surface area contributed by atoms with Crippen LogP contribution in [0, 0.1) is 0 Å². The third-order valence-corrected chi connectivity index (χ3v) is 3.36. The van der Waals surface area contributed by atoms with Crippen LogP contribution in [0.4, 0.5) is 0 Å². The van der Waals surface area contributed by atoms with Crippen LogP contribution in [-0.4, -0.2) is 51.1 Å². The summed E-state index contributed by atoms with van der Waals surface area (Å²) >= 11 is 0. The van der Waals surface area contributed by atoms with Gasteiger partial charge < -0.3 is 20.3 Å². The van der Waals surface area contributed by atoms with Crippen LogP contribution in [0.15, 0.2) is 29.3 Å². The van der Waals surface area contributed by atoms with Crippen LogP contribution < -0.4 is 15.4 Å². The van der Waals surface area contributed by atoms with Crippen LogP contribution in [-0.2, 0) is 11.3 Å². The number of carbonyl (C=O) groups excluding carboxylic acids is 1. The molecule has 0 atom stereocenters. The van der Waals surface area contributed by atoms with Gasteiger partial charge in [0.15, 0.2) is 5.96 Å². The first-order valence-electron chi connectivity index (χ1n) is 7.92. The molecule has 0 aromatic heterocycles. The Balaban J connectivity index is 2.42. The molecule has 2 N–H and O–H groups in total. The topological polar surface area (TPSA) is 66.0 Å². The lowest BCUT2D eigenvalue weighted by Gasteiger charge is -2.22. The largest absolute Gasteiger partial charge is 0.497 e. The van der Waals surface area contributed by atoms with E-state index in [0.717, 1.165) is 36.8 Å². The van der Waals surface area contributed by atoms with Crippen molar-refractivity contribution in [1.29, 1.82) is 0 Å². The number of nitrogens with zero attached hydrogens (tertiary/aromatic N) is 2. The van der Waals surface area contributed by atoms with Crippen molar-refractivity contribution in [2.75, 3.05) is 34.3 Å². The van der Waals surface area contributed by atoms with Crippen LogP contribution in [0.1, 0.15) is 25.3 Å². The van der Waals surface area contributed by atoms with E-state index < -0.39 is 0 Å². The van der Waals surface area contributed by atoms with Crippen molar-refractivity contribution in [1.82, 2.24) is 15.5 Å². The molecular weight excluding hydrogens is 292 g/mol. The number of carbonyl (C=O) groups is 1. The number of ether oxygens (including phenoxy) is 1. The number of hydrogen-bond donors (Lipinski definition) is 2. The molecule has 0 saturated carbocycles. The zero-order valence-electron chi connectivity index (χ0n) is 14.6. The van der Waals surface area contributed by atoms with Gasteiger partial charge in [0.2, 0.25) is 5.91 Å². The summed E-state index contributed by atoms with van der Waals surface area (Å²) in [4.78, 5) is 17.8. The lowest BCUT2D eigenvalue weighted by Crippen LogP contribution is -2.40. The van der Waals surface area contributed by atoms with Gasteiger partial charge in [-0.2, -0.15) is 0 Å². The van der Waals surface area contributed by atoms with Crippen molar-refractivity contribution in [2.24, 2.45) is 4.99 Å². The first-order valence-corrected chi connectivity index (χ1v) is 7.92. The number of rotatable bonds is 8. The van der Waals surface area contributed by atoms with Gasteiger partial charge in [-0.25, -0.2) is 0 Å². The average molecular weight is 320 g/mol. The minimum Gasteiger partial charge on any atom is -0.497 e. The van der Waals surface area contributed by atoms with E-state index in [1.54, 1.807) is 14.2 Å². The molecule has 1 amide bonds. The van der Waals surface area contributed by atoms with Crippen molar-refractivity contribution in [3.63, 3.8) is 0 Å². The van der Waals surface area contributed by atoms with Crippen molar-refractivity contribution in [3.8, 4) is 5.75 Å². The van der Waals surface area contributed by atoms with Gasteiger partial charge in [-0.3, -0.25) is 9.79 Å². The van der Waals surface area contributed by atoms with E-state index in [1.807, 2.05) is 43.1 Å². The Morgan fingerprint density at radius 1 is 1.22 bits per heavy atom. The van der Waals surface area contributed by atoms with E-state index in [9.17, 15) is 4.79 Å². The maximum atomic E-state index is 11.6. The van der Waals surface area contributed by atoms with Crippen LogP contribution in [0.2, 0.25) is 0 Å². The van der Waals surface area contributed by atoms with E-state index in [1.165, 1.54) is 0 Å². The molecule has 6 heteroatoms. The Hall–Kier alpha value is -2.24. The van der Waals surface area contributed by atoms with Crippen LogP contribution in [0.3, 0.4) is 0 Å². The van der Waals surface area contributed by atoms with Crippen LogP contribution in [0.5, 0.6) is 5.75 Å². The molecule has 128 valence electrons. The minimum absolute atomic E-state index is 0.0626. The lowest BCUT2D eigenvalue weighted by atomic mass is 10.2. The molecule has 1 aromatic rings. The SMILES string of the molecule is CCCNC(=O)CCNC(=NC)N(C)Cc1ccc(OC)cc1. The normalized spacial score (nSPS) is 11.0. The predicted molar refractivity (Wildman–Crippen MR) is 93.7 cm³/mol. The fraction of sp³-hybridized carbons (Fsp3) is 0.529. The van der Waals surface area contributed by atoms with Gasteiger partial charge >= 0.3 is 0 Å². The fourth-order valence-electron chi connectivity index (χ4n) is 2.11. The summed E-state index contributed by atoms with van der Waals surface area (Å²) in [6, 6.07) is 7.94. The minimum atomic E-state index is 0.0626. The van der Waals surface area contributed by atoms with Gasteiger partial charge in [0.05, 0.1) is 7.11 Å². The molecule has 1 aromatic carbocycles. The van der Waals surface area contributed by atoms with Crippen LogP contribution >= 0.6 is 0 Å². The van der Waals surface area contributed by atoms with Crippen molar-refractivity contribution < 1.29 is 9.53 Å². The van der Waals surface area contributed by atoms with Crippen molar-refractivity contribution >= 4 is 11.9 Å². The average Bonchev–Trinajstić information content (AvgIpc) is 2.57. The van der Waals surface area contributed by atoms with Crippen LogP contribution in [0.25, 0.3) is 0 Å². The van der Waals surface area contributed by atoms with Gasteiger partial charge in [0.1, 0.15) is 5.75 Å². The summed E-state index contributed by atoms with van der Waals surface area (Å²) in [6.45, 7) is 4.06. The van der Waals surface area contributed by atoms with Crippen molar-refractivity contribution in [2.45, 2.75) is 26.3 Å². The van der Waals surface area contributed by atoms with Crippen molar-refractivity contribution in [3.05, 3.63) is 29.8 Å². The highest BCUT2D eigenvalue weighted by atomic mass is 16.5. The van der Waals surface area contributed by atoms with E-state index in [4.69, 9.17) is 4.74 Å². The summed E-state index contributed by atoms with van der Waals surface area (Å²) in [5.74, 6) is 1.67. The second-order valence-electron chi connectivity index (χ2n) is 5.28. The molecule has 0 heterocycles. The van der Waals surface area contributed by atoms with E-state index in [0.29, 0.717) is 13.0 Å². The maximum Gasteiger partial charge on any atom is 0.221 e. The molecule has 0 aliphatic heterocycles. The number of methoxy groups -OCH3 is 1. The molecule has 0 radical (unpaired) electrons. The standard InChI is InChI=1S/C17H28N4O2/c1-5-11-19-16(22)10-12-20-17(18-2)21(3)13-14-6-8-15(23-4)9-7-14/h6-9H,5,10-13H2,1-4H3,(H,18,20)(H,19,22). The molecule has 0 aliphatic rings. The molecule has 0 unspecified atom stereocenters. The summed E-state index contributed by atoms with van der Waals surface area (Å²) in [7, 11) is 5.37. The smallest absolute Gasteiger partial charge is 0.221 e. The Morgan fingerprint density at radius 3 is 2.48 bits per heavy atom. The van der Waals surface area contributed by atoms with E-state index >= 15 is 0 Å². The Labute approximate surface area is 138 Å². The maximum absolute atomic E-state index is 11.6. The first kappa shape index (κ1) is 18.8. The lowest BCUT2D eigenvalue weighted by molar-refractivity contribution is -0.120. The number of nitrogens with one attached hydrogen (secondary N) is 2. The van der Waals surface area contributed by atoms with E-state index in [2.05, 4.69) is 15.6 Å². The van der Waals surface area contributed by atoms with Gasteiger partial charge in [-0.15, -0.1) is 0 Å². The Bertz CT molecular complexity index is 500. The van der Waals surface area contributed by atoms with Gasteiger partial charge in [-0.1, -0.05) is 19.1 Å². The second-order valence-corrected chi connectivity index (χ2v) is 5.28. The second kappa shape index (κ2) is 10.5. The summed E-state index contributed by atoms with van der Waals surface area (Å²) < 4.78 is 5.16. The first-order chi connectivity index (χ1) is 11.1. The summed E-state index contributed by atoms with van der Waals surface area (Å²) in [5.41, 5.74) is 1.16. The molecule has 0 spiro atoms. The number of hydrogen-bond acceptors (Lipinski definition) is 3.